The number of anilines is 1. The second kappa shape index (κ2) is 7.33. The van der Waals surface area contributed by atoms with Gasteiger partial charge in [-0.15, -0.1) is 11.3 Å². The number of carbonyl (C=O) groups is 1. The highest BCUT2D eigenvalue weighted by Crippen LogP contribution is 2.23. The highest BCUT2D eigenvalue weighted by Gasteiger charge is 2.17. The molecule has 18 heavy (non-hydrogen) atoms. The van der Waals surface area contributed by atoms with Crippen LogP contribution in [0.25, 0.3) is 0 Å². The summed E-state index contributed by atoms with van der Waals surface area (Å²) in [5, 5.41) is 4.03. The number of nitrogens with one attached hydrogen (secondary N) is 1. The van der Waals surface area contributed by atoms with E-state index < -0.39 is 5.97 Å². The number of aryl methyl sites for hydroxylation is 1. The van der Waals surface area contributed by atoms with Crippen molar-refractivity contribution in [2.75, 3.05) is 26.1 Å². The molecule has 1 aromatic heterocycles. The Bertz CT molecular complexity index is 387. The van der Waals surface area contributed by atoms with E-state index in [1.54, 1.807) is 7.11 Å². The lowest BCUT2D eigenvalue weighted by Crippen LogP contribution is -2.24. The minimum atomic E-state index is -0.393. The predicted molar refractivity (Wildman–Crippen MR) is 72.4 cm³/mol. The molecule has 0 aromatic carbocycles. The zero-order chi connectivity index (χ0) is 13.5. The maximum Gasteiger partial charge on any atom is 0.357 e. The summed E-state index contributed by atoms with van der Waals surface area (Å²) in [5.41, 5.74) is 0.387. The molecule has 1 rings (SSSR count). The number of methoxy groups -OCH3 is 2. The second-order valence-electron chi connectivity index (χ2n) is 4.00. The maximum absolute atomic E-state index is 11.5. The topological polar surface area (TPSA) is 60.5 Å². The normalized spacial score (nSPS) is 12.2. The van der Waals surface area contributed by atoms with Gasteiger partial charge in [0.15, 0.2) is 10.8 Å². The Morgan fingerprint density at radius 2 is 2.22 bits per heavy atom. The van der Waals surface area contributed by atoms with Crippen LogP contribution in [-0.4, -0.2) is 37.8 Å². The molecule has 1 heterocycles. The standard InChI is InChI=1S/C12H20N2O3S/c1-5-6-9(7-16-3)13-12-14-10(8(2)18-12)11(15)17-4/h9H,5-7H2,1-4H3,(H,13,14). The van der Waals surface area contributed by atoms with Crippen LogP contribution >= 0.6 is 11.3 Å². The zero-order valence-electron chi connectivity index (χ0n) is 11.3. The first-order valence-electron chi connectivity index (χ1n) is 5.93. The third-order valence-corrected chi connectivity index (χ3v) is 3.41. The lowest BCUT2D eigenvalue weighted by atomic mass is 10.2. The molecular formula is C12H20N2O3S. The number of ether oxygens (including phenoxy) is 2. The Balaban J connectivity index is 2.74. The van der Waals surface area contributed by atoms with Crippen molar-refractivity contribution in [1.82, 2.24) is 4.98 Å². The van der Waals surface area contributed by atoms with E-state index in [-0.39, 0.29) is 6.04 Å². The van der Waals surface area contributed by atoms with Crippen molar-refractivity contribution in [3.63, 3.8) is 0 Å². The average Bonchev–Trinajstić information content (AvgIpc) is 2.70. The summed E-state index contributed by atoms with van der Waals surface area (Å²) < 4.78 is 9.84. The second-order valence-corrected chi connectivity index (χ2v) is 5.20. The van der Waals surface area contributed by atoms with Gasteiger partial charge in [0, 0.05) is 12.0 Å². The number of rotatable bonds is 7. The number of thiazole rings is 1. The highest BCUT2D eigenvalue weighted by atomic mass is 32.1. The number of esters is 1. The lowest BCUT2D eigenvalue weighted by molar-refractivity contribution is 0.0594. The van der Waals surface area contributed by atoms with Crippen LogP contribution in [0, 0.1) is 6.92 Å². The van der Waals surface area contributed by atoms with Crippen molar-refractivity contribution in [3.05, 3.63) is 10.6 Å². The van der Waals surface area contributed by atoms with Crippen LogP contribution in [0.2, 0.25) is 0 Å². The molecule has 1 atom stereocenters. The van der Waals surface area contributed by atoms with Gasteiger partial charge in [0.2, 0.25) is 0 Å². The monoisotopic (exact) mass is 272 g/mol. The average molecular weight is 272 g/mol. The van der Waals surface area contributed by atoms with Gasteiger partial charge in [-0.3, -0.25) is 0 Å². The first kappa shape index (κ1) is 14.9. The lowest BCUT2D eigenvalue weighted by Gasteiger charge is -2.15. The van der Waals surface area contributed by atoms with Gasteiger partial charge in [0.25, 0.3) is 0 Å². The van der Waals surface area contributed by atoms with Crippen molar-refractivity contribution < 1.29 is 14.3 Å². The van der Waals surface area contributed by atoms with Gasteiger partial charge in [0.05, 0.1) is 19.8 Å². The molecule has 1 aromatic rings. The third-order valence-electron chi connectivity index (χ3n) is 2.51. The first-order chi connectivity index (χ1) is 8.62. The van der Waals surface area contributed by atoms with Gasteiger partial charge < -0.3 is 14.8 Å². The van der Waals surface area contributed by atoms with Crippen LogP contribution in [-0.2, 0) is 9.47 Å². The third kappa shape index (κ3) is 3.96. The summed E-state index contributed by atoms with van der Waals surface area (Å²) in [7, 11) is 3.04. The molecule has 0 radical (unpaired) electrons. The summed E-state index contributed by atoms with van der Waals surface area (Å²) >= 11 is 1.46. The molecule has 0 spiro atoms. The van der Waals surface area contributed by atoms with Crippen LogP contribution in [0.1, 0.15) is 35.1 Å². The molecule has 0 aliphatic carbocycles. The molecule has 1 unspecified atom stereocenters. The Labute approximate surface area is 112 Å². The number of nitrogens with zero attached hydrogens (tertiary/aromatic N) is 1. The maximum atomic E-state index is 11.5. The minimum Gasteiger partial charge on any atom is -0.464 e. The molecule has 0 saturated heterocycles. The molecule has 6 heteroatoms. The number of hydrogen-bond donors (Lipinski definition) is 1. The molecule has 0 aliphatic rings. The quantitative estimate of drug-likeness (QED) is 0.773. The van der Waals surface area contributed by atoms with Crippen LogP contribution < -0.4 is 5.32 Å². The fraction of sp³-hybridized carbons (Fsp3) is 0.667. The molecule has 0 bridgehead atoms. The summed E-state index contributed by atoms with van der Waals surface area (Å²) in [6.07, 6.45) is 2.06. The van der Waals surface area contributed by atoms with Crippen LogP contribution in [0.4, 0.5) is 5.13 Å². The van der Waals surface area contributed by atoms with Crippen molar-refractivity contribution >= 4 is 22.4 Å². The fourth-order valence-electron chi connectivity index (χ4n) is 1.67. The SMILES string of the molecule is CCCC(COC)Nc1nc(C(=O)OC)c(C)s1. The van der Waals surface area contributed by atoms with Crippen molar-refractivity contribution in [2.24, 2.45) is 0 Å². The van der Waals surface area contributed by atoms with Gasteiger partial charge >= 0.3 is 5.97 Å². The largest absolute Gasteiger partial charge is 0.464 e. The summed E-state index contributed by atoms with van der Waals surface area (Å²) in [4.78, 5) is 16.6. The van der Waals surface area contributed by atoms with Gasteiger partial charge in [0.1, 0.15) is 0 Å². The molecule has 0 aliphatic heterocycles. The van der Waals surface area contributed by atoms with Gasteiger partial charge in [-0.25, -0.2) is 9.78 Å². The van der Waals surface area contributed by atoms with E-state index >= 15 is 0 Å². The van der Waals surface area contributed by atoms with Crippen LogP contribution in [0.5, 0.6) is 0 Å². The molecule has 0 fully saturated rings. The summed E-state index contributed by atoms with van der Waals surface area (Å²) in [6, 6.07) is 0.219. The Morgan fingerprint density at radius 3 is 2.78 bits per heavy atom. The zero-order valence-corrected chi connectivity index (χ0v) is 12.1. The van der Waals surface area contributed by atoms with E-state index in [9.17, 15) is 4.79 Å². The molecule has 0 amide bonds. The van der Waals surface area contributed by atoms with E-state index in [2.05, 4.69) is 22.0 Å². The molecule has 5 nitrogen and oxygen atoms in total. The Kier molecular flexibility index (Phi) is 6.07. The van der Waals surface area contributed by atoms with Gasteiger partial charge in [-0.05, 0) is 13.3 Å². The van der Waals surface area contributed by atoms with E-state index in [0.29, 0.717) is 12.3 Å². The van der Waals surface area contributed by atoms with Crippen LogP contribution in [0.3, 0.4) is 0 Å². The van der Waals surface area contributed by atoms with Gasteiger partial charge in [-0.1, -0.05) is 13.3 Å². The van der Waals surface area contributed by atoms with E-state index in [1.807, 2.05) is 6.92 Å². The fourth-order valence-corrected chi connectivity index (χ4v) is 2.54. The Hall–Kier alpha value is -1.14. The molecule has 1 N–H and O–H groups in total. The smallest absolute Gasteiger partial charge is 0.357 e. The van der Waals surface area contributed by atoms with E-state index in [1.165, 1.54) is 18.4 Å². The Morgan fingerprint density at radius 1 is 1.50 bits per heavy atom. The number of hydrogen-bond acceptors (Lipinski definition) is 6. The van der Waals surface area contributed by atoms with Crippen molar-refractivity contribution in [1.29, 1.82) is 0 Å². The summed E-state index contributed by atoms with van der Waals surface area (Å²) in [6.45, 7) is 4.61. The number of aromatic nitrogens is 1. The highest BCUT2D eigenvalue weighted by molar-refractivity contribution is 7.15. The van der Waals surface area contributed by atoms with E-state index in [0.717, 1.165) is 22.9 Å². The summed E-state index contributed by atoms with van der Waals surface area (Å²) in [5.74, 6) is -0.393. The van der Waals surface area contributed by atoms with Crippen LogP contribution in [0.15, 0.2) is 0 Å². The molecule has 0 saturated carbocycles. The molecular weight excluding hydrogens is 252 g/mol. The van der Waals surface area contributed by atoms with E-state index in [4.69, 9.17) is 4.74 Å². The first-order valence-corrected chi connectivity index (χ1v) is 6.75. The predicted octanol–water partition coefficient (Wildman–Crippen LogP) is 2.47. The molecule has 102 valence electrons. The number of carbonyl (C=O) groups excluding carboxylic acids is 1. The van der Waals surface area contributed by atoms with Crippen molar-refractivity contribution in [3.8, 4) is 0 Å². The van der Waals surface area contributed by atoms with Crippen molar-refractivity contribution in [2.45, 2.75) is 32.7 Å². The van der Waals surface area contributed by atoms with Gasteiger partial charge in [-0.2, -0.15) is 0 Å². The minimum absolute atomic E-state index is 0.219.